The molecule has 1 heterocycles. The fourth-order valence-electron chi connectivity index (χ4n) is 3.49. The Morgan fingerprint density at radius 2 is 1.81 bits per heavy atom. The van der Waals surface area contributed by atoms with E-state index < -0.39 is 5.41 Å². The van der Waals surface area contributed by atoms with E-state index in [0.29, 0.717) is 29.5 Å². The average molecular weight is 439 g/mol. The number of anilines is 2. The summed E-state index contributed by atoms with van der Waals surface area (Å²) in [6.45, 7) is 12.9. The molecule has 3 rings (SSSR count). The van der Waals surface area contributed by atoms with Crippen LogP contribution in [0, 0.1) is 11.3 Å². The van der Waals surface area contributed by atoms with Gasteiger partial charge in [-0.05, 0) is 76.4 Å². The first-order valence-electron chi connectivity index (χ1n) is 11.2. The van der Waals surface area contributed by atoms with Crippen molar-refractivity contribution in [1.29, 1.82) is 0 Å². The van der Waals surface area contributed by atoms with Gasteiger partial charge in [0.05, 0.1) is 17.2 Å². The smallest absolute Gasteiger partial charge is 0.255 e. The number of carbonyl (C=O) groups excluding carboxylic acids is 2. The van der Waals surface area contributed by atoms with Gasteiger partial charge >= 0.3 is 0 Å². The first kappa shape index (κ1) is 23.6. The Morgan fingerprint density at radius 1 is 1.12 bits per heavy atom. The summed E-state index contributed by atoms with van der Waals surface area (Å²) in [4.78, 5) is 27.7. The maximum Gasteiger partial charge on any atom is 0.255 e. The summed E-state index contributed by atoms with van der Waals surface area (Å²) in [5.74, 6) is 1.64. The van der Waals surface area contributed by atoms with E-state index in [1.54, 1.807) is 30.3 Å². The minimum atomic E-state index is -0.626. The van der Waals surface area contributed by atoms with Gasteiger partial charge in [0.25, 0.3) is 5.91 Å². The van der Waals surface area contributed by atoms with E-state index in [2.05, 4.69) is 19.2 Å². The van der Waals surface area contributed by atoms with Crippen molar-refractivity contribution in [2.75, 3.05) is 23.4 Å². The lowest BCUT2D eigenvalue weighted by molar-refractivity contribution is -0.127. The lowest BCUT2D eigenvalue weighted by atomic mass is 9.92. The third-order valence-electron chi connectivity index (χ3n) is 5.34. The Labute approximate surface area is 190 Å². The highest BCUT2D eigenvalue weighted by atomic mass is 16.5. The molecule has 6 nitrogen and oxygen atoms in total. The van der Waals surface area contributed by atoms with Crippen LogP contribution in [-0.4, -0.2) is 31.1 Å². The molecular formula is C26H34N2O4. The van der Waals surface area contributed by atoms with Crippen LogP contribution in [0.1, 0.15) is 58.3 Å². The van der Waals surface area contributed by atoms with Crippen LogP contribution in [-0.2, 0) is 4.79 Å². The van der Waals surface area contributed by atoms with Gasteiger partial charge in [0.1, 0.15) is 18.1 Å². The number of hydrogen-bond acceptors (Lipinski definition) is 4. The highest BCUT2D eigenvalue weighted by Gasteiger charge is 2.37. The number of ether oxygens (including phenoxy) is 2. The van der Waals surface area contributed by atoms with Gasteiger partial charge in [-0.15, -0.1) is 0 Å². The third kappa shape index (κ3) is 5.61. The fraction of sp³-hybridized carbons (Fsp3) is 0.462. The summed E-state index contributed by atoms with van der Waals surface area (Å²) < 4.78 is 11.7. The van der Waals surface area contributed by atoms with Gasteiger partial charge in [0.2, 0.25) is 5.91 Å². The highest BCUT2D eigenvalue weighted by molar-refractivity contribution is 6.05. The molecule has 2 amide bonds. The topological polar surface area (TPSA) is 67.9 Å². The average Bonchev–Trinajstić information content (AvgIpc) is 2.81. The number of hydrogen-bond donors (Lipinski definition) is 1. The Hall–Kier alpha value is -3.02. The van der Waals surface area contributed by atoms with Crippen LogP contribution < -0.4 is 19.7 Å². The number of rotatable bonds is 7. The van der Waals surface area contributed by atoms with E-state index in [-0.39, 0.29) is 24.5 Å². The maximum atomic E-state index is 13.2. The molecule has 32 heavy (non-hydrogen) atoms. The van der Waals surface area contributed by atoms with Crippen molar-refractivity contribution in [3.8, 4) is 11.5 Å². The van der Waals surface area contributed by atoms with Gasteiger partial charge < -0.3 is 19.7 Å². The van der Waals surface area contributed by atoms with E-state index in [4.69, 9.17) is 9.47 Å². The van der Waals surface area contributed by atoms with Crippen molar-refractivity contribution in [2.45, 2.75) is 54.1 Å². The van der Waals surface area contributed by atoms with Crippen LogP contribution >= 0.6 is 0 Å². The highest BCUT2D eigenvalue weighted by Crippen LogP contribution is 2.38. The molecule has 172 valence electrons. The molecule has 1 aliphatic rings. The summed E-state index contributed by atoms with van der Waals surface area (Å²) in [5.41, 5.74) is 1.27. The number of benzene rings is 2. The second kappa shape index (κ2) is 9.63. The van der Waals surface area contributed by atoms with Gasteiger partial charge in [-0.1, -0.05) is 13.8 Å². The molecule has 2 aromatic rings. The van der Waals surface area contributed by atoms with Crippen LogP contribution in [0.5, 0.6) is 11.5 Å². The van der Waals surface area contributed by atoms with Crippen LogP contribution in [0.3, 0.4) is 0 Å². The van der Waals surface area contributed by atoms with E-state index in [1.807, 2.05) is 44.7 Å². The van der Waals surface area contributed by atoms with Gasteiger partial charge in [0.15, 0.2) is 0 Å². The molecule has 0 aliphatic carbocycles. The number of amides is 2. The Kier molecular flexibility index (Phi) is 7.12. The maximum absolute atomic E-state index is 13.2. The first-order valence-corrected chi connectivity index (χ1v) is 11.2. The molecule has 0 aromatic heterocycles. The molecular weight excluding hydrogens is 404 g/mol. The molecule has 1 aliphatic heterocycles. The second-order valence-corrected chi connectivity index (χ2v) is 9.64. The van der Waals surface area contributed by atoms with Gasteiger partial charge in [-0.25, -0.2) is 0 Å². The zero-order valence-corrected chi connectivity index (χ0v) is 19.9. The second-order valence-electron chi connectivity index (χ2n) is 9.64. The summed E-state index contributed by atoms with van der Waals surface area (Å²) in [5, 5.41) is 2.92. The van der Waals surface area contributed by atoms with Crippen molar-refractivity contribution >= 4 is 23.2 Å². The van der Waals surface area contributed by atoms with Crippen molar-refractivity contribution in [2.24, 2.45) is 11.3 Å². The summed E-state index contributed by atoms with van der Waals surface area (Å²) in [6, 6.07) is 12.5. The minimum absolute atomic E-state index is 0.0531. The predicted molar refractivity (Wildman–Crippen MR) is 128 cm³/mol. The van der Waals surface area contributed by atoms with Crippen molar-refractivity contribution in [3.05, 3.63) is 48.0 Å². The van der Waals surface area contributed by atoms with E-state index in [9.17, 15) is 9.59 Å². The molecule has 0 spiro atoms. The normalized spacial score (nSPS) is 15.2. The number of fused-ring (bicyclic) bond motifs is 1. The molecule has 6 heteroatoms. The van der Waals surface area contributed by atoms with E-state index in [0.717, 1.165) is 17.9 Å². The van der Waals surface area contributed by atoms with Crippen LogP contribution in [0.2, 0.25) is 0 Å². The third-order valence-corrected chi connectivity index (χ3v) is 5.34. The molecule has 0 radical (unpaired) electrons. The minimum Gasteiger partial charge on any atom is -0.491 e. The fourth-order valence-corrected chi connectivity index (χ4v) is 3.49. The molecule has 0 atom stereocenters. The van der Waals surface area contributed by atoms with Crippen molar-refractivity contribution < 1.29 is 19.1 Å². The van der Waals surface area contributed by atoms with Crippen molar-refractivity contribution in [1.82, 2.24) is 0 Å². The Balaban J connectivity index is 1.80. The molecule has 2 aromatic carbocycles. The number of nitrogens with zero attached hydrogens (tertiary/aromatic N) is 1. The Morgan fingerprint density at radius 3 is 2.44 bits per heavy atom. The molecule has 0 saturated heterocycles. The first-order chi connectivity index (χ1) is 15.1. The lowest BCUT2D eigenvalue weighted by Gasteiger charge is -2.28. The largest absolute Gasteiger partial charge is 0.491 e. The standard InChI is InChI=1S/C26H34N2O4/c1-17(2)13-14-28-22-12-9-20(15-23(22)31-16-26(5,6)25(28)30)27-24(29)19-7-10-21(11-8-19)32-18(3)4/h7-12,15,17-18H,13-14,16H2,1-6H3,(H,27,29). The number of nitrogens with one attached hydrogen (secondary N) is 1. The quantitative estimate of drug-likeness (QED) is 0.618. The Bertz CT molecular complexity index is 964. The van der Waals surface area contributed by atoms with Gasteiger partial charge in [0, 0.05) is 23.9 Å². The zero-order valence-electron chi connectivity index (χ0n) is 19.9. The lowest BCUT2D eigenvalue weighted by Crippen LogP contribution is -2.42. The van der Waals surface area contributed by atoms with E-state index in [1.165, 1.54) is 0 Å². The molecule has 0 bridgehead atoms. The van der Waals surface area contributed by atoms with Gasteiger partial charge in [-0.2, -0.15) is 0 Å². The number of carbonyl (C=O) groups is 2. The van der Waals surface area contributed by atoms with Crippen LogP contribution in [0.4, 0.5) is 11.4 Å². The van der Waals surface area contributed by atoms with Gasteiger partial charge in [-0.3, -0.25) is 9.59 Å². The van der Waals surface area contributed by atoms with Crippen molar-refractivity contribution in [3.63, 3.8) is 0 Å². The monoisotopic (exact) mass is 438 g/mol. The molecule has 0 fully saturated rings. The predicted octanol–water partition coefficient (Wildman–Crippen LogP) is 5.52. The van der Waals surface area contributed by atoms with Crippen LogP contribution in [0.15, 0.2) is 42.5 Å². The zero-order chi connectivity index (χ0) is 23.5. The SMILES string of the molecule is CC(C)CCN1C(=O)C(C)(C)COc2cc(NC(=O)c3ccc(OC(C)C)cc3)ccc21. The molecule has 1 N–H and O–H groups in total. The van der Waals surface area contributed by atoms with Crippen LogP contribution in [0.25, 0.3) is 0 Å². The van der Waals surface area contributed by atoms with E-state index >= 15 is 0 Å². The summed E-state index contributed by atoms with van der Waals surface area (Å²) in [6.07, 6.45) is 0.974. The molecule has 0 saturated carbocycles. The molecule has 0 unspecified atom stereocenters. The summed E-state index contributed by atoms with van der Waals surface area (Å²) >= 11 is 0. The summed E-state index contributed by atoms with van der Waals surface area (Å²) in [7, 11) is 0.